The molecule has 3 aromatic carbocycles. The highest BCUT2D eigenvalue weighted by Crippen LogP contribution is 2.21. The highest BCUT2D eigenvalue weighted by Gasteiger charge is 2.16. The van der Waals surface area contributed by atoms with Gasteiger partial charge in [0.05, 0.1) is 6.10 Å². The molecular weight excluding hydrogens is 374 g/mol. The van der Waals surface area contributed by atoms with E-state index in [4.69, 9.17) is 4.18 Å². The van der Waals surface area contributed by atoms with Crippen molar-refractivity contribution in [3.05, 3.63) is 96.1 Å². The van der Waals surface area contributed by atoms with Crippen molar-refractivity contribution in [1.82, 2.24) is 5.32 Å². The maximum Gasteiger partial charge on any atom is 0.339 e. The topological polar surface area (TPSA) is 75.6 Å². The molecule has 5 nitrogen and oxygen atoms in total. The van der Waals surface area contributed by atoms with Crippen molar-refractivity contribution in [2.24, 2.45) is 0 Å². The fourth-order valence-corrected chi connectivity index (χ4v) is 3.69. The average Bonchev–Trinajstić information content (AvgIpc) is 2.73. The van der Waals surface area contributed by atoms with Crippen molar-refractivity contribution in [3.8, 4) is 5.75 Å². The Kier molecular flexibility index (Phi) is 6.81. The SMILES string of the molecule is O=S(=O)(Oc1ccc(C(O)CNCCc2ccccc2)cc1)c1ccccc1. The Balaban J connectivity index is 1.50. The molecule has 0 saturated heterocycles. The van der Waals surface area contributed by atoms with Gasteiger partial charge in [-0.2, -0.15) is 8.42 Å². The van der Waals surface area contributed by atoms with Crippen LogP contribution in [-0.4, -0.2) is 26.6 Å². The van der Waals surface area contributed by atoms with E-state index in [0.717, 1.165) is 13.0 Å². The Morgan fingerprint density at radius 2 is 1.46 bits per heavy atom. The highest BCUT2D eigenvalue weighted by molar-refractivity contribution is 7.87. The van der Waals surface area contributed by atoms with Gasteiger partial charge in [0.15, 0.2) is 0 Å². The van der Waals surface area contributed by atoms with Gasteiger partial charge in [0.1, 0.15) is 10.6 Å². The minimum atomic E-state index is -3.87. The molecule has 0 radical (unpaired) electrons. The summed E-state index contributed by atoms with van der Waals surface area (Å²) >= 11 is 0. The quantitative estimate of drug-likeness (QED) is 0.428. The van der Waals surface area contributed by atoms with Gasteiger partial charge >= 0.3 is 10.1 Å². The largest absolute Gasteiger partial charge is 0.387 e. The molecule has 6 heteroatoms. The summed E-state index contributed by atoms with van der Waals surface area (Å²) in [5, 5.41) is 13.5. The Bertz CT molecular complexity index is 958. The predicted octanol–water partition coefficient (Wildman–Crippen LogP) is 3.32. The van der Waals surface area contributed by atoms with Crippen LogP contribution in [0.1, 0.15) is 17.2 Å². The molecule has 3 rings (SSSR count). The van der Waals surface area contributed by atoms with E-state index in [1.807, 2.05) is 18.2 Å². The Labute approximate surface area is 165 Å². The number of hydrogen-bond acceptors (Lipinski definition) is 5. The van der Waals surface area contributed by atoms with E-state index < -0.39 is 16.2 Å². The first kappa shape index (κ1) is 20.1. The summed E-state index contributed by atoms with van der Waals surface area (Å²) < 4.78 is 29.6. The van der Waals surface area contributed by atoms with Gasteiger partial charge in [-0.3, -0.25) is 0 Å². The molecule has 0 aromatic heterocycles. The van der Waals surface area contributed by atoms with Crippen LogP contribution in [0, 0.1) is 0 Å². The van der Waals surface area contributed by atoms with E-state index in [0.29, 0.717) is 12.1 Å². The Hall–Kier alpha value is -2.67. The third-order valence-electron chi connectivity index (χ3n) is 4.27. The number of benzene rings is 3. The zero-order valence-electron chi connectivity index (χ0n) is 15.4. The average molecular weight is 397 g/mol. The third kappa shape index (κ3) is 5.66. The number of nitrogens with one attached hydrogen (secondary N) is 1. The Morgan fingerprint density at radius 1 is 0.857 bits per heavy atom. The van der Waals surface area contributed by atoms with Crippen LogP contribution in [0.25, 0.3) is 0 Å². The molecule has 146 valence electrons. The monoisotopic (exact) mass is 397 g/mol. The number of rotatable bonds is 9. The summed E-state index contributed by atoms with van der Waals surface area (Å²) in [4.78, 5) is 0.0988. The molecule has 1 unspecified atom stereocenters. The first-order chi connectivity index (χ1) is 13.5. The summed E-state index contributed by atoms with van der Waals surface area (Å²) in [6, 6.07) is 24.5. The van der Waals surface area contributed by atoms with Crippen LogP contribution >= 0.6 is 0 Å². The zero-order chi connectivity index (χ0) is 19.8. The highest BCUT2D eigenvalue weighted by atomic mass is 32.2. The molecule has 0 aliphatic carbocycles. The van der Waals surface area contributed by atoms with Crippen molar-refractivity contribution in [2.45, 2.75) is 17.4 Å². The molecule has 1 atom stereocenters. The number of aliphatic hydroxyl groups excluding tert-OH is 1. The predicted molar refractivity (Wildman–Crippen MR) is 109 cm³/mol. The molecule has 0 amide bonds. The molecule has 28 heavy (non-hydrogen) atoms. The van der Waals surface area contributed by atoms with Gasteiger partial charge in [0, 0.05) is 6.54 Å². The molecule has 2 N–H and O–H groups in total. The molecule has 0 aliphatic rings. The van der Waals surface area contributed by atoms with E-state index in [1.165, 1.54) is 17.7 Å². The van der Waals surface area contributed by atoms with Crippen LogP contribution in [-0.2, 0) is 16.5 Å². The lowest BCUT2D eigenvalue weighted by molar-refractivity contribution is 0.175. The van der Waals surface area contributed by atoms with E-state index in [2.05, 4.69) is 17.4 Å². The van der Waals surface area contributed by atoms with Crippen molar-refractivity contribution in [3.63, 3.8) is 0 Å². The minimum Gasteiger partial charge on any atom is -0.387 e. The molecule has 0 saturated carbocycles. The van der Waals surface area contributed by atoms with Gasteiger partial charge in [0.25, 0.3) is 0 Å². The molecule has 0 aliphatic heterocycles. The summed E-state index contributed by atoms with van der Waals surface area (Å²) in [6.45, 7) is 1.17. The molecule has 0 spiro atoms. The van der Waals surface area contributed by atoms with E-state index in [1.54, 1.807) is 42.5 Å². The summed E-state index contributed by atoms with van der Waals surface area (Å²) in [5.41, 5.74) is 1.93. The van der Waals surface area contributed by atoms with E-state index in [9.17, 15) is 13.5 Å². The molecule has 0 heterocycles. The molecular formula is C22H23NO4S. The fourth-order valence-electron chi connectivity index (χ4n) is 2.74. The molecule has 3 aromatic rings. The van der Waals surface area contributed by atoms with Crippen molar-refractivity contribution in [1.29, 1.82) is 0 Å². The van der Waals surface area contributed by atoms with Crippen LogP contribution in [0.3, 0.4) is 0 Å². The second-order valence-corrected chi connectivity index (χ2v) is 7.92. The summed E-state index contributed by atoms with van der Waals surface area (Å²) in [7, 11) is -3.87. The van der Waals surface area contributed by atoms with E-state index in [-0.39, 0.29) is 10.6 Å². The fraction of sp³-hybridized carbons (Fsp3) is 0.182. The lowest BCUT2D eigenvalue weighted by Gasteiger charge is -2.13. The first-order valence-corrected chi connectivity index (χ1v) is 10.5. The van der Waals surface area contributed by atoms with Crippen molar-refractivity contribution in [2.75, 3.05) is 13.1 Å². The van der Waals surface area contributed by atoms with Crippen molar-refractivity contribution < 1.29 is 17.7 Å². The van der Waals surface area contributed by atoms with Gasteiger partial charge in [-0.1, -0.05) is 60.7 Å². The summed E-state index contributed by atoms with van der Waals surface area (Å²) in [5.74, 6) is 0.205. The van der Waals surface area contributed by atoms with Gasteiger partial charge in [0.2, 0.25) is 0 Å². The van der Waals surface area contributed by atoms with E-state index >= 15 is 0 Å². The van der Waals surface area contributed by atoms with Gasteiger partial charge in [-0.05, 0) is 48.4 Å². The lowest BCUT2D eigenvalue weighted by Crippen LogP contribution is -2.23. The van der Waals surface area contributed by atoms with Crippen LogP contribution in [0.5, 0.6) is 5.75 Å². The second-order valence-electron chi connectivity index (χ2n) is 6.38. The van der Waals surface area contributed by atoms with Gasteiger partial charge < -0.3 is 14.6 Å². The number of aliphatic hydroxyl groups is 1. The smallest absolute Gasteiger partial charge is 0.339 e. The molecule has 0 bridgehead atoms. The lowest BCUT2D eigenvalue weighted by atomic mass is 10.1. The normalized spacial score (nSPS) is 12.5. The maximum absolute atomic E-state index is 12.2. The molecule has 0 fully saturated rings. The Morgan fingerprint density at radius 3 is 2.11 bits per heavy atom. The van der Waals surface area contributed by atoms with Crippen LogP contribution < -0.4 is 9.50 Å². The second kappa shape index (κ2) is 9.50. The third-order valence-corrected chi connectivity index (χ3v) is 5.54. The summed E-state index contributed by atoms with van der Waals surface area (Å²) in [6.07, 6.45) is 0.202. The zero-order valence-corrected chi connectivity index (χ0v) is 16.2. The van der Waals surface area contributed by atoms with Crippen LogP contribution in [0.15, 0.2) is 89.8 Å². The van der Waals surface area contributed by atoms with Gasteiger partial charge in [-0.25, -0.2) is 0 Å². The van der Waals surface area contributed by atoms with Crippen molar-refractivity contribution >= 4 is 10.1 Å². The van der Waals surface area contributed by atoms with Gasteiger partial charge in [-0.15, -0.1) is 0 Å². The first-order valence-electron chi connectivity index (χ1n) is 9.07. The maximum atomic E-state index is 12.2. The standard InChI is InChI=1S/C22H23NO4S/c24-22(17-23-16-15-18-7-3-1-4-8-18)19-11-13-20(14-12-19)27-28(25,26)21-9-5-2-6-10-21/h1-14,22-24H,15-17H2. The van der Waals surface area contributed by atoms with Crippen LogP contribution in [0.4, 0.5) is 0 Å². The number of hydrogen-bond donors (Lipinski definition) is 2. The van der Waals surface area contributed by atoms with Crippen LogP contribution in [0.2, 0.25) is 0 Å². The minimum absolute atomic E-state index is 0.0988.